The molecule has 1 aliphatic rings. The highest BCUT2D eigenvalue weighted by Gasteiger charge is 2.26. The third-order valence-electron chi connectivity index (χ3n) is 4.25. The monoisotopic (exact) mass is 248 g/mol. The van der Waals surface area contributed by atoms with Crippen molar-refractivity contribution < 1.29 is 0 Å². The second kappa shape index (κ2) is 5.65. The molecule has 4 heteroatoms. The molecule has 4 nitrogen and oxygen atoms in total. The van der Waals surface area contributed by atoms with Crippen LogP contribution in [-0.4, -0.2) is 22.1 Å². The molecule has 2 rings (SSSR count). The van der Waals surface area contributed by atoms with Crippen LogP contribution < -0.4 is 11.1 Å². The Morgan fingerprint density at radius 1 is 1.22 bits per heavy atom. The lowest BCUT2D eigenvalue weighted by molar-refractivity contribution is 0.442. The molecule has 1 heterocycles. The largest absolute Gasteiger partial charge is 0.363 e. The summed E-state index contributed by atoms with van der Waals surface area (Å²) in [5.74, 6) is 1.01. The Kier molecular flexibility index (Phi) is 4.17. The number of rotatable bonds is 5. The summed E-state index contributed by atoms with van der Waals surface area (Å²) >= 11 is 0. The quantitative estimate of drug-likeness (QED) is 0.839. The van der Waals surface area contributed by atoms with E-state index in [0.29, 0.717) is 6.54 Å². The van der Waals surface area contributed by atoms with Crippen molar-refractivity contribution in [3.63, 3.8) is 0 Å². The van der Waals surface area contributed by atoms with Crippen LogP contribution in [0.2, 0.25) is 0 Å². The Bertz CT molecular complexity index is 391. The van der Waals surface area contributed by atoms with Crippen molar-refractivity contribution in [3.8, 4) is 0 Å². The van der Waals surface area contributed by atoms with Gasteiger partial charge in [-0.05, 0) is 38.5 Å². The molecule has 1 aliphatic carbocycles. The number of aryl methyl sites for hydroxylation is 1. The standard InChI is InChI=1S/C14H24N4/c1-3-14(4-2,9-15)18-13-11-7-5-6-8-12(11)16-10-17-13/h10H,3-9,15H2,1-2H3,(H,16,17,18). The first kappa shape index (κ1) is 13.3. The second-order valence-corrected chi connectivity index (χ2v) is 5.17. The number of hydrogen-bond acceptors (Lipinski definition) is 4. The van der Waals surface area contributed by atoms with Crippen molar-refractivity contribution in [2.45, 2.75) is 57.9 Å². The zero-order chi connectivity index (χ0) is 13.0. The Morgan fingerprint density at radius 2 is 1.94 bits per heavy atom. The summed E-state index contributed by atoms with van der Waals surface area (Å²) in [6, 6.07) is 0. The average Bonchev–Trinajstić information content (AvgIpc) is 2.45. The lowest BCUT2D eigenvalue weighted by Gasteiger charge is -2.33. The van der Waals surface area contributed by atoms with Crippen LogP contribution in [0.1, 0.15) is 50.8 Å². The lowest BCUT2D eigenvalue weighted by atomic mass is 9.91. The van der Waals surface area contributed by atoms with Crippen LogP contribution in [0.15, 0.2) is 6.33 Å². The van der Waals surface area contributed by atoms with Crippen molar-refractivity contribution in [1.82, 2.24) is 9.97 Å². The summed E-state index contributed by atoms with van der Waals surface area (Å²) in [6.45, 7) is 4.99. The first-order valence-corrected chi connectivity index (χ1v) is 7.05. The fourth-order valence-corrected chi connectivity index (χ4v) is 2.65. The number of anilines is 1. The van der Waals surface area contributed by atoms with Crippen LogP contribution in [0.3, 0.4) is 0 Å². The minimum atomic E-state index is -0.0282. The maximum atomic E-state index is 5.95. The second-order valence-electron chi connectivity index (χ2n) is 5.17. The van der Waals surface area contributed by atoms with Gasteiger partial charge in [-0.15, -0.1) is 0 Å². The van der Waals surface area contributed by atoms with E-state index < -0.39 is 0 Å². The Morgan fingerprint density at radius 3 is 2.61 bits per heavy atom. The lowest BCUT2D eigenvalue weighted by Crippen LogP contribution is -2.45. The van der Waals surface area contributed by atoms with Crippen LogP contribution in [0, 0.1) is 0 Å². The summed E-state index contributed by atoms with van der Waals surface area (Å²) in [4.78, 5) is 8.85. The van der Waals surface area contributed by atoms with E-state index in [4.69, 9.17) is 5.73 Å². The zero-order valence-electron chi connectivity index (χ0n) is 11.5. The number of aromatic nitrogens is 2. The maximum Gasteiger partial charge on any atom is 0.133 e. The third kappa shape index (κ3) is 2.48. The van der Waals surface area contributed by atoms with Gasteiger partial charge in [-0.25, -0.2) is 9.97 Å². The molecule has 0 saturated carbocycles. The predicted octanol–water partition coefficient (Wildman–Crippen LogP) is 2.28. The molecule has 1 aromatic rings. The molecule has 0 spiro atoms. The molecule has 100 valence electrons. The van der Waals surface area contributed by atoms with Crippen LogP contribution in [0.25, 0.3) is 0 Å². The minimum Gasteiger partial charge on any atom is -0.363 e. The molecular weight excluding hydrogens is 224 g/mol. The van der Waals surface area contributed by atoms with Crippen molar-refractivity contribution in [2.75, 3.05) is 11.9 Å². The van der Waals surface area contributed by atoms with Gasteiger partial charge in [0.1, 0.15) is 12.1 Å². The van der Waals surface area contributed by atoms with E-state index in [1.54, 1.807) is 6.33 Å². The van der Waals surface area contributed by atoms with E-state index in [2.05, 4.69) is 29.1 Å². The van der Waals surface area contributed by atoms with Gasteiger partial charge in [0.2, 0.25) is 0 Å². The molecule has 0 bridgehead atoms. The summed E-state index contributed by atoms with van der Waals surface area (Å²) in [6.07, 6.45) is 8.36. The van der Waals surface area contributed by atoms with Gasteiger partial charge in [-0.1, -0.05) is 13.8 Å². The molecule has 0 radical (unpaired) electrons. The molecule has 0 saturated heterocycles. The van der Waals surface area contributed by atoms with Gasteiger partial charge in [-0.3, -0.25) is 0 Å². The smallest absolute Gasteiger partial charge is 0.133 e. The maximum absolute atomic E-state index is 5.95. The van der Waals surface area contributed by atoms with E-state index in [1.807, 2.05) is 0 Å². The van der Waals surface area contributed by atoms with Crippen molar-refractivity contribution in [3.05, 3.63) is 17.6 Å². The average molecular weight is 248 g/mol. The summed E-state index contributed by atoms with van der Waals surface area (Å²) in [5, 5.41) is 3.59. The van der Waals surface area contributed by atoms with Gasteiger partial charge in [-0.2, -0.15) is 0 Å². The van der Waals surface area contributed by atoms with Gasteiger partial charge in [0, 0.05) is 17.8 Å². The van der Waals surface area contributed by atoms with E-state index in [0.717, 1.165) is 31.5 Å². The fourth-order valence-electron chi connectivity index (χ4n) is 2.65. The summed E-state index contributed by atoms with van der Waals surface area (Å²) in [7, 11) is 0. The number of nitrogens with two attached hydrogens (primary N) is 1. The number of fused-ring (bicyclic) bond motifs is 1. The van der Waals surface area contributed by atoms with Gasteiger partial charge in [0.15, 0.2) is 0 Å². The molecule has 0 fully saturated rings. The molecule has 0 unspecified atom stereocenters. The molecule has 0 aromatic carbocycles. The number of hydrogen-bond donors (Lipinski definition) is 2. The topological polar surface area (TPSA) is 63.8 Å². The van der Waals surface area contributed by atoms with Crippen molar-refractivity contribution in [2.24, 2.45) is 5.73 Å². The zero-order valence-corrected chi connectivity index (χ0v) is 11.5. The minimum absolute atomic E-state index is 0.0282. The van der Waals surface area contributed by atoms with Crippen LogP contribution in [0.4, 0.5) is 5.82 Å². The number of nitrogens with zero attached hydrogens (tertiary/aromatic N) is 2. The molecular formula is C14H24N4. The Hall–Kier alpha value is -1.16. The Balaban J connectivity index is 2.28. The van der Waals surface area contributed by atoms with Gasteiger partial charge in [0.05, 0.1) is 5.54 Å². The van der Waals surface area contributed by atoms with E-state index in [1.165, 1.54) is 24.1 Å². The molecule has 0 atom stereocenters. The predicted molar refractivity (Wildman–Crippen MR) is 74.7 cm³/mol. The highest BCUT2D eigenvalue weighted by molar-refractivity contribution is 5.49. The molecule has 18 heavy (non-hydrogen) atoms. The molecule has 3 N–H and O–H groups in total. The third-order valence-corrected chi connectivity index (χ3v) is 4.25. The van der Waals surface area contributed by atoms with E-state index in [9.17, 15) is 0 Å². The SMILES string of the molecule is CCC(CC)(CN)Nc1ncnc2c1CCCC2. The normalized spacial score (nSPS) is 15.3. The van der Waals surface area contributed by atoms with Gasteiger partial charge in [0.25, 0.3) is 0 Å². The molecule has 0 amide bonds. The van der Waals surface area contributed by atoms with E-state index in [-0.39, 0.29) is 5.54 Å². The van der Waals surface area contributed by atoms with E-state index >= 15 is 0 Å². The summed E-state index contributed by atoms with van der Waals surface area (Å²) < 4.78 is 0. The fraction of sp³-hybridized carbons (Fsp3) is 0.714. The Labute approximate surface area is 109 Å². The van der Waals surface area contributed by atoms with Crippen LogP contribution in [-0.2, 0) is 12.8 Å². The highest BCUT2D eigenvalue weighted by atomic mass is 15.1. The van der Waals surface area contributed by atoms with Crippen LogP contribution >= 0.6 is 0 Å². The van der Waals surface area contributed by atoms with Gasteiger partial charge >= 0.3 is 0 Å². The van der Waals surface area contributed by atoms with Crippen molar-refractivity contribution in [1.29, 1.82) is 0 Å². The number of nitrogens with one attached hydrogen (secondary N) is 1. The van der Waals surface area contributed by atoms with Crippen LogP contribution in [0.5, 0.6) is 0 Å². The molecule has 1 aromatic heterocycles. The highest BCUT2D eigenvalue weighted by Crippen LogP contribution is 2.28. The molecule has 0 aliphatic heterocycles. The first-order chi connectivity index (χ1) is 8.74. The summed E-state index contributed by atoms with van der Waals surface area (Å²) in [5.41, 5.74) is 8.45. The van der Waals surface area contributed by atoms with Gasteiger partial charge < -0.3 is 11.1 Å². The first-order valence-electron chi connectivity index (χ1n) is 7.05. The van der Waals surface area contributed by atoms with Crippen molar-refractivity contribution >= 4 is 5.82 Å².